The fraction of sp³-hybridized carbons (Fsp3) is 0.364. The molecular formula is C11H11NO2. The second kappa shape index (κ2) is 2.50. The summed E-state index contributed by atoms with van der Waals surface area (Å²) in [6, 6.07) is 7.73. The van der Waals surface area contributed by atoms with Gasteiger partial charge in [-0.2, -0.15) is 0 Å². The van der Waals surface area contributed by atoms with Crippen molar-refractivity contribution in [2.45, 2.75) is 12.8 Å². The zero-order valence-corrected chi connectivity index (χ0v) is 7.73. The molecule has 0 saturated heterocycles. The van der Waals surface area contributed by atoms with Gasteiger partial charge in [0, 0.05) is 5.56 Å². The molecular weight excluding hydrogens is 178 g/mol. The lowest BCUT2D eigenvalue weighted by Crippen LogP contribution is -2.30. The predicted molar refractivity (Wildman–Crippen MR) is 51.9 cm³/mol. The van der Waals surface area contributed by atoms with E-state index in [2.05, 4.69) is 5.16 Å². The van der Waals surface area contributed by atoms with Crippen molar-refractivity contribution in [3.05, 3.63) is 29.8 Å². The molecule has 0 unspecified atom stereocenters. The summed E-state index contributed by atoms with van der Waals surface area (Å²) >= 11 is 0. The van der Waals surface area contributed by atoms with E-state index in [0.29, 0.717) is 6.61 Å². The average Bonchev–Trinajstić information content (AvgIpc) is 2.99. The SMILES string of the molecule is ON=C1c2ccccc2OCC12CC2. The summed E-state index contributed by atoms with van der Waals surface area (Å²) in [7, 11) is 0. The van der Waals surface area contributed by atoms with E-state index < -0.39 is 0 Å². The van der Waals surface area contributed by atoms with Crippen LogP contribution in [0.2, 0.25) is 0 Å². The molecule has 1 fully saturated rings. The quantitative estimate of drug-likeness (QED) is 0.501. The first-order chi connectivity index (χ1) is 6.86. The van der Waals surface area contributed by atoms with E-state index in [4.69, 9.17) is 9.94 Å². The minimum absolute atomic E-state index is 0.0170. The first-order valence-corrected chi connectivity index (χ1v) is 4.80. The van der Waals surface area contributed by atoms with Gasteiger partial charge in [0.05, 0.1) is 12.0 Å². The summed E-state index contributed by atoms with van der Waals surface area (Å²) in [6.07, 6.45) is 2.14. The Hall–Kier alpha value is -1.51. The number of hydrogen-bond acceptors (Lipinski definition) is 3. The molecule has 1 saturated carbocycles. The number of rotatable bonds is 0. The van der Waals surface area contributed by atoms with Gasteiger partial charge in [-0.25, -0.2) is 0 Å². The van der Waals surface area contributed by atoms with Gasteiger partial charge in [-0.1, -0.05) is 17.3 Å². The number of benzene rings is 1. The van der Waals surface area contributed by atoms with Crippen LogP contribution in [0.4, 0.5) is 0 Å². The van der Waals surface area contributed by atoms with Crippen LogP contribution in [0.3, 0.4) is 0 Å². The number of fused-ring (bicyclic) bond motifs is 1. The van der Waals surface area contributed by atoms with Gasteiger partial charge in [0.1, 0.15) is 11.5 Å². The number of oxime groups is 1. The molecule has 1 aromatic carbocycles. The third kappa shape index (κ3) is 0.895. The van der Waals surface area contributed by atoms with Crippen LogP contribution in [0.5, 0.6) is 5.75 Å². The van der Waals surface area contributed by atoms with E-state index in [0.717, 1.165) is 29.9 Å². The van der Waals surface area contributed by atoms with Gasteiger partial charge in [-0.15, -0.1) is 0 Å². The van der Waals surface area contributed by atoms with E-state index in [9.17, 15) is 0 Å². The van der Waals surface area contributed by atoms with Crippen molar-refractivity contribution < 1.29 is 9.94 Å². The van der Waals surface area contributed by atoms with Crippen molar-refractivity contribution in [1.29, 1.82) is 0 Å². The normalized spacial score (nSPS) is 24.4. The zero-order chi connectivity index (χ0) is 9.60. The van der Waals surface area contributed by atoms with Crippen LogP contribution in [0.1, 0.15) is 18.4 Å². The van der Waals surface area contributed by atoms with E-state index >= 15 is 0 Å². The highest BCUT2D eigenvalue weighted by Crippen LogP contribution is 2.52. The molecule has 0 amide bonds. The van der Waals surface area contributed by atoms with Crippen molar-refractivity contribution in [3.8, 4) is 5.75 Å². The zero-order valence-electron chi connectivity index (χ0n) is 7.73. The van der Waals surface area contributed by atoms with Crippen molar-refractivity contribution in [2.24, 2.45) is 10.6 Å². The van der Waals surface area contributed by atoms with E-state index in [1.165, 1.54) is 0 Å². The van der Waals surface area contributed by atoms with Crippen LogP contribution in [-0.4, -0.2) is 17.5 Å². The lowest BCUT2D eigenvalue weighted by Gasteiger charge is -2.25. The number of ether oxygens (including phenoxy) is 1. The van der Waals surface area contributed by atoms with Crippen LogP contribution in [0.25, 0.3) is 0 Å². The largest absolute Gasteiger partial charge is 0.492 e. The number of nitrogens with zero attached hydrogens (tertiary/aromatic N) is 1. The molecule has 1 spiro atoms. The summed E-state index contributed by atoms with van der Waals surface area (Å²) in [5.74, 6) is 0.831. The number of para-hydroxylation sites is 1. The molecule has 3 rings (SSSR count). The predicted octanol–water partition coefficient (Wildman–Crippen LogP) is 2.04. The highest BCUT2D eigenvalue weighted by Gasteiger charge is 2.52. The molecule has 1 aliphatic heterocycles. The Morgan fingerprint density at radius 2 is 2.07 bits per heavy atom. The third-order valence-electron chi connectivity index (χ3n) is 3.10. The van der Waals surface area contributed by atoms with Gasteiger partial charge in [0.2, 0.25) is 0 Å². The lowest BCUT2D eigenvalue weighted by molar-refractivity contribution is 0.251. The Kier molecular flexibility index (Phi) is 1.40. The summed E-state index contributed by atoms with van der Waals surface area (Å²) in [5, 5.41) is 12.5. The maximum Gasteiger partial charge on any atom is 0.128 e. The average molecular weight is 189 g/mol. The maximum absolute atomic E-state index is 9.05. The molecule has 1 aromatic rings. The van der Waals surface area contributed by atoms with Gasteiger partial charge >= 0.3 is 0 Å². The smallest absolute Gasteiger partial charge is 0.128 e. The molecule has 0 bridgehead atoms. The molecule has 1 aliphatic carbocycles. The van der Waals surface area contributed by atoms with Gasteiger partial charge in [0.25, 0.3) is 0 Å². The summed E-state index contributed by atoms with van der Waals surface area (Å²) in [6.45, 7) is 0.656. The molecule has 0 radical (unpaired) electrons. The molecule has 0 aromatic heterocycles. The van der Waals surface area contributed by atoms with Crippen molar-refractivity contribution in [1.82, 2.24) is 0 Å². The van der Waals surface area contributed by atoms with Crippen molar-refractivity contribution >= 4 is 5.71 Å². The Bertz CT molecular complexity index is 408. The second-order valence-corrected chi connectivity index (χ2v) is 4.01. The van der Waals surface area contributed by atoms with Crippen LogP contribution in [0, 0.1) is 5.41 Å². The second-order valence-electron chi connectivity index (χ2n) is 4.01. The fourth-order valence-corrected chi connectivity index (χ4v) is 2.05. The number of hydrogen-bond donors (Lipinski definition) is 1. The first-order valence-electron chi connectivity index (χ1n) is 4.80. The highest BCUT2D eigenvalue weighted by molar-refractivity contribution is 6.08. The van der Waals surface area contributed by atoms with Gasteiger partial charge in [-0.05, 0) is 25.0 Å². The summed E-state index contributed by atoms with van der Waals surface area (Å²) in [5.41, 5.74) is 1.77. The molecule has 1 heterocycles. The van der Waals surface area contributed by atoms with Crippen LogP contribution < -0.4 is 4.74 Å². The van der Waals surface area contributed by atoms with Crippen LogP contribution >= 0.6 is 0 Å². The Morgan fingerprint density at radius 3 is 2.79 bits per heavy atom. The Balaban J connectivity index is 2.16. The molecule has 1 N–H and O–H groups in total. The molecule has 14 heavy (non-hydrogen) atoms. The monoisotopic (exact) mass is 189 g/mol. The van der Waals surface area contributed by atoms with Gasteiger partial charge in [-0.3, -0.25) is 0 Å². The summed E-state index contributed by atoms with van der Waals surface area (Å²) < 4.78 is 5.64. The minimum atomic E-state index is 0.0170. The lowest BCUT2D eigenvalue weighted by atomic mass is 9.91. The molecule has 2 aliphatic rings. The van der Waals surface area contributed by atoms with Crippen molar-refractivity contribution in [3.63, 3.8) is 0 Å². The molecule has 3 heteroatoms. The van der Waals surface area contributed by atoms with E-state index in [1.54, 1.807) is 0 Å². The van der Waals surface area contributed by atoms with Crippen molar-refractivity contribution in [2.75, 3.05) is 6.61 Å². The molecule has 0 atom stereocenters. The summed E-state index contributed by atoms with van der Waals surface area (Å²) in [4.78, 5) is 0. The first kappa shape index (κ1) is 7.85. The van der Waals surface area contributed by atoms with E-state index in [1.807, 2.05) is 24.3 Å². The standard InChI is InChI=1S/C11H11NO2/c13-12-10-8-3-1-2-4-9(8)14-7-11(10)5-6-11/h1-4,13H,5-7H2. The Morgan fingerprint density at radius 1 is 1.29 bits per heavy atom. The van der Waals surface area contributed by atoms with Gasteiger partial charge in [0.15, 0.2) is 0 Å². The topological polar surface area (TPSA) is 41.8 Å². The Labute approximate surface area is 82.0 Å². The highest BCUT2D eigenvalue weighted by atomic mass is 16.5. The fourth-order valence-electron chi connectivity index (χ4n) is 2.05. The molecule has 3 nitrogen and oxygen atoms in total. The van der Waals surface area contributed by atoms with Crippen LogP contribution in [-0.2, 0) is 0 Å². The maximum atomic E-state index is 9.05. The van der Waals surface area contributed by atoms with Crippen LogP contribution in [0.15, 0.2) is 29.4 Å². The molecule has 72 valence electrons. The minimum Gasteiger partial charge on any atom is -0.492 e. The van der Waals surface area contributed by atoms with Gasteiger partial charge < -0.3 is 9.94 Å². The van der Waals surface area contributed by atoms with E-state index in [-0.39, 0.29) is 5.41 Å². The third-order valence-corrected chi connectivity index (χ3v) is 3.10.